The molecule has 1 heterocycles. The minimum atomic E-state index is -0.680. The number of hydrogen-bond donors (Lipinski definition) is 3. The molecule has 4 N–H and O–H groups in total. The third-order valence-electron chi connectivity index (χ3n) is 5.88. The molecule has 0 amide bonds. The second-order valence-corrected chi connectivity index (χ2v) is 8.92. The Morgan fingerprint density at radius 1 is 1.11 bits per heavy atom. The van der Waals surface area contributed by atoms with Gasteiger partial charge in [-0.05, 0) is 56.7 Å². The van der Waals surface area contributed by atoms with E-state index in [1.54, 1.807) is 42.6 Å². The standard InChI is InChI=1S/C29H32FN5O2/c1-5-36-22-15-23(26(30)25(16-22)37-18(2)3)27(34-21-13-11-20(12-14-21)28(31)32)29-33-17-24(35(29)4)19-9-7-6-8-10-19/h6-18,27,34H,5H2,1-4H3,(H3,31,32). The van der Waals surface area contributed by atoms with E-state index in [2.05, 4.69) is 5.32 Å². The van der Waals surface area contributed by atoms with Crippen molar-refractivity contribution in [3.05, 3.63) is 95.7 Å². The van der Waals surface area contributed by atoms with Crippen molar-refractivity contribution in [2.24, 2.45) is 12.8 Å². The molecule has 0 saturated carbocycles. The van der Waals surface area contributed by atoms with Gasteiger partial charge in [-0.2, -0.15) is 0 Å². The highest BCUT2D eigenvalue weighted by atomic mass is 19.1. The van der Waals surface area contributed by atoms with Crippen LogP contribution in [0.2, 0.25) is 0 Å². The van der Waals surface area contributed by atoms with Crippen LogP contribution < -0.4 is 20.5 Å². The third kappa shape index (κ3) is 5.74. The summed E-state index contributed by atoms with van der Waals surface area (Å²) >= 11 is 0. The Morgan fingerprint density at radius 2 is 1.81 bits per heavy atom. The molecule has 1 atom stereocenters. The van der Waals surface area contributed by atoms with Crippen molar-refractivity contribution in [2.45, 2.75) is 32.9 Å². The molecule has 0 aliphatic rings. The molecule has 0 saturated heterocycles. The molecule has 4 rings (SSSR count). The number of aromatic nitrogens is 2. The van der Waals surface area contributed by atoms with E-state index in [0.29, 0.717) is 35.0 Å². The zero-order valence-corrected chi connectivity index (χ0v) is 21.5. The summed E-state index contributed by atoms with van der Waals surface area (Å²) in [5, 5.41) is 11.1. The van der Waals surface area contributed by atoms with Crippen molar-refractivity contribution in [1.29, 1.82) is 5.41 Å². The molecular weight excluding hydrogens is 469 g/mol. The van der Waals surface area contributed by atoms with Crippen LogP contribution in [-0.4, -0.2) is 28.1 Å². The number of anilines is 1. The predicted molar refractivity (Wildman–Crippen MR) is 145 cm³/mol. The van der Waals surface area contributed by atoms with Crippen molar-refractivity contribution in [2.75, 3.05) is 11.9 Å². The smallest absolute Gasteiger partial charge is 0.171 e. The number of rotatable bonds is 10. The quantitative estimate of drug-likeness (QED) is 0.186. The molecule has 1 aromatic heterocycles. The topological polar surface area (TPSA) is 98.2 Å². The molecular formula is C29H32FN5O2. The van der Waals surface area contributed by atoms with Gasteiger partial charge in [0.15, 0.2) is 11.6 Å². The molecule has 192 valence electrons. The Kier molecular flexibility index (Phi) is 7.77. The van der Waals surface area contributed by atoms with Crippen LogP contribution >= 0.6 is 0 Å². The monoisotopic (exact) mass is 501 g/mol. The van der Waals surface area contributed by atoms with Gasteiger partial charge in [0.25, 0.3) is 0 Å². The van der Waals surface area contributed by atoms with E-state index >= 15 is 4.39 Å². The highest BCUT2D eigenvalue weighted by Gasteiger charge is 2.27. The number of halogens is 1. The summed E-state index contributed by atoms with van der Waals surface area (Å²) in [7, 11) is 1.91. The van der Waals surface area contributed by atoms with Crippen LogP contribution in [0.4, 0.5) is 10.1 Å². The van der Waals surface area contributed by atoms with Crippen molar-refractivity contribution in [1.82, 2.24) is 9.55 Å². The zero-order chi connectivity index (χ0) is 26.5. The van der Waals surface area contributed by atoms with Gasteiger partial charge in [0.2, 0.25) is 0 Å². The van der Waals surface area contributed by atoms with E-state index < -0.39 is 11.9 Å². The van der Waals surface area contributed by atoms with Crippen molar-refractivity contribution >= 4 is 11.5 Å². The van der Waals surface area contributed by atoms with Gasteiger partial charge >= 0.3 is 0 Å². The van der Waals surface area contributed by atoms with Gasteiger partial charge in [0.1, 0.15) is 23.5 Å². The molecule has 0 fully saturated rings. The average molecular weight is 502 g/mol. The van der Waals surface area contributed by atoms with Crippen LogP contribution in [0.25, 0.3) is 11.3 Å². The van der Waals surface area contributed by atoms with Gasteiger partial charge in [-0.15, -0.1) is 0 Å². The van der Waals surface area contributed by atoms with E-state index in [1.165, 1.54) is 0 Å². The molecule has 0 aliphatic carbocycles. The Morgan fingerprint density at radius 3 is 2.43 bits per heavy atom. The fraction of sp³-hybridized carbons (Fsp3) is 0.241. The van der Waals surface area contributed by atoms with Gasteiger partial charge in [-0.1, -0.05) is 30.3 Å². The Balaban J connectivity index is 1.86. The Bertz CT molecular complexity index is 1370. The number of nitrogen functional groups attached to an aromatic ring is 1. The molecule has 0 aliphatic heterocycles. The van der Waals surface area contributed by atoms with Gasteiger partial charge in [0, 0.05) is 29.9 Å². The first-order valence-electron chi connectivity index (χ1n) is 12.2. The minimum absolute atomic E-state index is 0.0226. The first kappa shape index (κ1) is 25.8. The summed E-state index contributed by atoms with van der Waals surface area (Å²) in [6.45, 7) is 6.01. The largest absolute Gasteiger partial charge is 0.494 e. The number of benzene rings is 3. The summed E-state index contributed by atoms with van der Waals surface area (Å²) < 4.78 is 29.5. The van der Waals surface area contributed by atoms with E-state index in [4.69, 9.17) is 25.6 Å². The van der Waals surface area contributed by atoms with Gasteiger partial charge in [-0.3, -0.25) is 5.41 Å². The van der Waals surface area contributed by atoms with E-state index in [-0.39, 0.29) is 17.7 Å². The molecule has 4 aromatic rings. The number of nitrogens with zero attached hydrogens (tertiary/aromatic N) is 2. The van der Waals surface area contributed by atoms with Crippen molar-refractivity contribution in [3.63, 3.8) is 0 Å². The summed E-state index contributed by atoms with van der Waals surface area (Å²) in [5.41, 5.74) is 9.17. The second kappa shape index (κ2) is 11.2. The van der Waals surface area contributed by atoms with Gasteiger partial charge in [0.05, 0.1) is 24.6 Å². The number of imidazole rings is 1. The third-order valence-corrected chi connectivity index (χ3v) is 5.88. The maximum atomic E-state index is 16.0. The molecule has 7 nitrogen and oxygen atoms in total. The van der Waals surface area contributed by atoms with E-state index in [9.17, 15) is 0 Å². The maximum Gasteiger partial charge on any atom is 0.171 e. The summed E-state index contributed by atoms with van der Waals surface area (Å²) in [6, 6.07) is 19.6. The normalized spacial score (nSPS) is 11.8. The Labute approximate surface area is 216 Å². The molecule has 3 aromatic carbocycles. The lowest BCUT2D eigenvalue weighted by atomic mass is 10.0. The summed E-state index contributed by atoms with van der Waals surface area (Å²) in [4.78, 5) is 4.72. The highest BCUT2D eigenvalue weighted by Crippen LogP contribution is 2.37. The second-order valence-electron chi connectivity index (χ2n) is 8.92. The molecule has 8 heteroatoms. The van der Waals surface area contributed by atoms with Gasteiger partial charge < -0.3 is 25.1 Å². The maximum absolute atomic E-state index is 16.0. The van der Waals surface area contributed by atoms with E-state index in [0.717, 1.165) is 11.3 Å². The number of ether oxygens (including phenoxy) is 2. The average Bonchev–Trinajstić information content (AvgIpc) is 3.26. The van der Waals surface area contributed by atoms with Crippen LogP contribution in [0.15, 0.2) is 72.9 Å². The zero-order valence-electron chi connectivity index (χ0n) is 21.5. The SMILES string of the molecule is CCOc1cc(OC(C)C)c(F)c(C(Nc2ccc(C(=N)N)cc2)c2ncc(-c3ccccc3)n2C)c1. The predicted octanol–water partition coefficient (Wildman–Crippen LogP) is 5.90. The first-order chi connectivity index (χ1) is 17.8. The number of nitrogens with two attached hydrogens (primary N) is 1. The summed E-state index contributed by atoms with van der Waals surface area (Å²) in [6.07, 6.45) is 1.57. The fourth-order valence-electron chi connectivity index (χ4n) is 4.16. The first-order valence-corrected chi connectivity index (χ1v) is 12.2. The van der Waals surface area contributed by atoms with Crippen molar-refractivity contribution < 1.29 is 13.9 Å². The summed E-state index contributed by atoms with van der Waals surface area (Å²) in [5.74, 6) is 0.723. The molecule has 0 bridgehead atoms. The molecule has 0 spiro atoms. The fourth-order valence-corrected chi connectivity index (χ4v) is 4.16. The Hall–Kier alpha value is -4.33. The molecule has 1 unspecified atom stereocenters. The van der Waals surface area contributed by atoms with E-state index in [1.807, 2.05) is 62.7 Å². The molecule has 0 radical (unpaired) electrons. The highest BCUT2D eigenvalue weighted by molar-refractivity contribution is 5.95. The van der Waals surface area contributed by atoms with Crippen LogP contribution in [0, 0.1) is 11.2 Å². The minimum Gasteiger partial charge on any atom is -0.494 e. The lowest BCUT2D eigenvalue weighted by molar-refractivity contribution is 0.228. The van der Waals surface area contributed by atoms with Crippen LogP contribution in [0.5, 0.6) is 11.5 Å². The number of amidine groups is 1. The lowest BCUT2D eigenvalue weighted by Gasteiger charge is -2.24. The van der Waals surface area contributed by atoms with Crippen LogP contribution in [0.1, 0.15) is 43.8 Å². The van der Waals surface area contributed by atoms with Crippen LogP contribution in [-0.2, 0) is 7.05 Å². The number of hydrogen-bond acceptors (Lipinski definition) is 5. The lowest BCUT2D eigenvalue weighted by Crippen LogP contribution is -2.20. The number of nitrogens with one attached hydrogen (secondary N) is 2. The van der Waals surface area contributed by atoms with Crippen LogP contribution in [0.3, 0.4) is 0 Å². The molecule has 37 heavy (non-hydrogen) atoms. The van der Waals surface area contributed by atoms with Crippen molar-refractivity contribution in [3.8, 4) is 22.8 Å². The van der Waals surface area contributed by atoms with Gasteiger partial charge in [-0.25, -0.2) is 9.37 Å².